The predicted molar refractivity (Wildman–Crippen MR) is 43.6 cm³/mol. The summed E-state index contributed by atoms with van der Waals surface area (Å²) in [6, 6.07) is 3.36. The molecular formula is C7H9NOS. The van der Waals surface area contributed by atoms with Gasteiger partial charge in [0.2, 0.25) is 5.56 Å². The van der Waals surface area contributed by atoms with Crippen molar-refractivity contribution >= 4 is 11.8 Å². The highest BCUT2D eigenvalue weighted by atomic mass is 32.2. The van der Waals surface area contributed by atoms with E-state index in [1.54, 1.807) is 11.8 Å². The Morgan fingerprint density at radius 2 is 2.20 bits per heavy atom. The van der Waals surface area contributed by atoms with Gasteiger partial charge < -0.3 is 4.98 Å². The van der Waals surface area contributed by atoms with Gasteiger partial charge in [-0.15, -0.1) is 11.8 Å². The predicted octanol–water partition coefficient (Wildman–Crippen LogP) is 1.41. The fourth-order valence-corrected chi connectivity index (χ4v) is 1.33. The van der Waals surface area contributed by atoms with Gasteiger partial charge in [-0.3, -0.25) is 4.79 Å². The molecule has 1 N–H and O–H groups in total. The summed E-state index contributed by atoms with van der Waals surface area (Å²) in [5, 5.41) is 0.951. The molecule has 1 rings (SSSR count). The van der Waals surface area contributed by atoms with Crippen molar-refractivity contribution in [3.63, 3.8) is 0 Å². The van der Waals surface area contributed by atoms with Crippen LogP contribution in [0.1, 0.15) is 5.56 Å². The highest BCUT2D eigenvalue weighted by Crippen LogP contribution is 2.12. The van der Waals surface area contributed by atoms with Crippen molar-refractivity contribution in [2.45, 2.75) is 11.9 Å². The monoisotopic (exact) mass is 155 g/mol. The van der Waals surface area contributed by atoms with Crippen molar-refractivity contribution < 1.29 is 0 Å². The Bertz CT molecular complexity index is 279. The van der Waals surface area contributed by atoms with E-state index in [1.165, 1.54) is 6.07 Å². The van der Waals surface area contributed by atoms with Gasteiger partial charge in [-0.05, 0) is 18.7 Å². The van der Waals surface area contributed by atoms with Crippen LogP contribution in [0.4, 0.5) is 0 Å². The average molecular weight is 155 g/mol. The Hall–Kier alpha value is -0.700. The van der Waals surface area contributed by atoms with Crippen LogP contribution in [0.5, 0.6) is 0 Å². The first-order chi connectivity index (χ1) is 4.74. The molecule has 3 heteroatoms. The maximum Gasteiger partial charge on any atom is 0.248 e. The number of aromatic amines is 1. The maximum atomic E-state index is 10.7. The Morgan fingerprint density at radius 1 is 1.50 bits per heavy atom. The van der Waals surface area contributed by atoms with E-state index in [1.807, 2.05) is 19.2 Å². The molecule has 0 atom stereocenters. The van der Waals surface area contributed by atoms with Gasteiger partial charge in [0.15, 0.2) is 0 Å². The fourth-order valence-electron chi connectivity index (χ4n) is 0.741. The van der Waals surface area contributed by atoms with Crippen LogP contribution in [0.15, 0.2) is 22.0 Å². The molecule has 2 nitrogen and oxygen atoms in total. The van der Waals surface area contributed by atoms with Gasteiger partial charge in [-0.25, -0.2) is 0 Å². The van der Waals surface area contributed by atoms with Gasteiger partial charge in [-0.2, -0.15) is 0 Å². The molecule has 0 aliphatic heterocycles. The van der Waals surface area contributed by atoms with Gasteiger partial charge >= 0.3 is 0 Å². The molecule has 0 aliphatic rings. The van der Waals surface area contributed by atoms with E-state index in [-0.39, 0.29) is 5.56 Å². The van der Waals surface area contributed by atoms with Gasteiger partial charge in [0.25, 0.3) is 0 Å². The zero-order chi connectivity index (χ0) is 7.56. The van der Waals surface area contributed by atoms with E-state index in [0.29, 0.717) is 0 Å². The molecule has 0 fully saturated rings. The molecule has 0 bridgehead atoms. The van der Waals surface area contributed by atoms with Crippen molar-refractivity contribution in [2.24, 2.45) is 0 Å². The minimum Gasteiger partial charge on any atom is -0.317 e. The van der Waals surface area contributed by atoms with Crippen LogP contribution in [0.3, 0.4) is 0 Å². The molecule has 0 amide bonds. The van der Waals surface area contributed by atoms with Crippen molar-refractivity contribution in [3.8, 4) is 0 Å². The molecule has 1 heterocycles. The van der Waals surface area contributed by atoms with Crippen molar-refractivity contribution in [1.82, 2.24) is 4.98 Å². The summed E-state index contributed by atoms with van der Waals surface area (Å²) < 4.78 is 0. The third kappa shape index (κ3) is 1.42. The first-order valence-electron chi connectivity index (χ1n) is 2.98. The number of nitrogens with one attached hydrogen (secondary N) is 1. The summed E-state index contributed by atoms with van der Waals surface area (Å²) in [7, 11) is 0. The van der Waals surface area contributed by atoms with E-state index >= 15 is 0 Å². The fraction of sp³-hybridized carbons (Fsp3) is 0.286. The zero-order valence-corrected chi connectivity index (χ0v) is 6.79. The number of hydrogen-bond acceptors (Lipinski definition) is 2. The Kier molecular flexibility index (Phi) is 2.17. The van der Waals surface area contributed by atoms with Crippen LogP contribution in [0.2, 0.25) is 0 Å². The Labute approximate surface area is 63.7 Å². The van der Waals surface area contributed by atoms with Gasteiger partial charge in [0.05, 0.1) is 5.03 Å². The van der Waals surface area contributed by atoms with Crippen molar-refractivity contribution in [3.05, 3.63) is 28.0 Å². The summed E-state index contributed by atoms with van der Waals surface area (Å²) in [6.07, 6.45) is 1.94. The van der Waals surface area contributed by atoms with E-state index in [9.17, 15) is 4.79 Å². The summed E-state index contributed by atoms with van der Waals surface area (Å²) in [5.74, 6) is 0. The highest BCUT2D eigenvalue weighted by molar-refractivity contribution is 7.98. The van der Waals surface area contributed by atoms with Gasteiger partial charge in [0, 0.05) is 6.07 Å². The second-order valence-electron chi connectivity index (χ2n) is 2.04. The average Bonchev–Trinajstić information content (AvgIpc) is 1.94. The number of rotatable bonds is 1. The molecule has 1 aromatic heterocycles. The zero-order valence-electron chi connectivity index (χ0n) is 5.97. The Morgan fingerprint density at radius 3 is 2.70 bits per heavy atom. The minimum absolute atomic E-state index is 0.0325. The lowest BCUT2D eigenvalue weighted by atomic mass is 10.3. The van der Waals surface area contributed by atoms with Crippen molar-refractivity contribution in [1.29, 1.82) is 0 Å². The van der Waals surface area contributed by atoms with E-state index in [2.05, 4.69) is 4.98 Å². The smallest absolute Gasteiger partial charge is 0.248 e. The van der Waals surface area contributed by atoms with Crippen LogP contribution in [-0.4, -0.2) is 11.2 Å². The molecule has 54 valence electrons. The summed E-state index contributed by atoms with van der Waals surface area (Å²) >= 11 is 1.55. The second-order valence-corrected chi connectivity index (χ2v) is 2.86. The molecule has 0 spiro atoms. The summed E-state index contributed by atoms with van der Waals surface area (Å²) in [6.45, 7) is 1.97. The quantitative estimate of drug-likeness (QED) is 0.622. The van der Waals surface area contributed by atoms with E-state index in [0.717, 1.165) is 10.6 Å². The van der Waals surface area contributed by atoms with Crippen LogP contribution >= 0.6 is 11.8 Å². The summed E-state index contributed by atoms with van der Waals surface area (Å²) in [4.78, 5) is 13.5. The number of pyridine rings is 1. The number of aryl methyl sites for hydroxylation is 1. The van der Waals surface area contributed by atoms with E-state index in [4.69, 9.17) is 0 Å². The van der Waals surface area contributed by atoms with Crippen LogP contribution < -0.4 is 5.56 Å². The first kappa shape index (κ1) is 7.41. The second kappa shape index (κ2) is 2.92. The molecule has 0 aliphatic carbocycles. The number of hydrogen-bond donors (Lipinski definition) is 1. The van der Waals surface area contributed by atoms with Crippen LogP contribution in [0.25, 0.3) is 0 Å². The molecule has 1 aromatic rings. The van der Waals surface area contributed by atoms with Crippen LogP contribution in [-0.2, 0) is 0 Å². The minimum atomic E-state index is -0.0325. The largest absolute Gasteiger partial charge is 0.317 e. The van der Waals surface area contributed by atoms with Gasteiger partial charge in [0.1, 0.15) is 0 Å². The number of thioether (sulfide) groups is 1. The molecule has 0 aromatic carbocycles. The van der Waals surface area contributed by atoms with Gasteiger partial charge in [-0.1, -0.05) is 6.07 Å². The number of aromatic nitrogens is 1. The lowest BCUT2D eigenvalue weighted by Gasteiger charge is -1.98. The first-order valence-corrected chi connectivity index (χ1v) is 4.20. The summed E-state index contributed by atoms with van der Waals surface area (Å²) in [5.41, 5.74) is 1.09. The normalized spacial score (nSPS) is 9.80. The SMILES string of the molecule is CSc1[nH]c(=O)ccc1C. The lowest BCUT2D eigenvalue weighted by molar-refractivity contribution is 1.04. The highest BCUT2D eigenvalue weighted by Gasteiger charge is 1.94. The van der Waals surface area contributed by atoms with Crippen molar-refractivity contribution in [2.75, 3.05) is 6.26 Å². The molecule has 0 saturated carbocycles. The topological polar surface area (TPSA) is 32.9 Å². The standard InChI is InChI=1S/C7H9NOS/c1-5-3-4-6(9)8-7(5)10-2/h3-4H,1-2H3,(H,8,9). The molecule has 0 unspecified atom stereocenters. The number of H-pyrrole nitrogens is 1. The molecule has 10 heavy (non-hydrogen) atoms. The lowest BCUT2D eigenvalue weighted by Crippen LogP contribution is -2.04. The third-order valence-electron chi connectivity index (χ3n) is 1.28. The molecule has 0 saturated heterocycles. The molecular weight excluding hydrogens is 146 g/mol. The molecule has 0 radical (unpaired) electrons. The third-order valence-corrected chi connectivity index (χ3v) is 2.12. The maximum absolute atomic E-state index is 10.7. The van der Waals surface area contributed by atoms with E-state index < -0.39 is 0 Å². The Balaban J connectivity index is 3.22. The van der Waals surface area contributed by atoms with Crippen LogP contribution in [0, 0.1) is 6.92 Å².